The van der Waals surface area contributed by atoms with Crippen LogP contribution in [0.5, 0.6) is 0 Å². The number of hydrogen-bond acceptors (Lipinski definition) is 4. The first kappa shape index (κ1) is 18.1. The van der Waals surface area contributed by atoms with Crippen LogP contribution in [0.3, 0.4) is 0 Å². The van der Waals surface area contributed by atoms with Crippen LogP contribution in [0, 0.1) is 0 Å². The van der Waals surface area contributed by atoms with Crippen molar-refractivity contribution in [3.05, 3.63) is 0 Å². The molecular formula is C12H28BN2O4P. The zero-order valence-electron chi connectivity index (χ0n) is 13.4. The molecule has 0 bridgehead atoms. The minimum absolute atomic E-state index is 0.0203. The molecular weight excluding hydrogens is 278 g/mol. The molecule has 0 aromatic heterocycles. The second kappa shape index (κ2) is 8.52. The zero-order valence-corrected chi connectivity index (χ0v) is 14.3. The molecule has 0 spiro atoms. The van der Waals surface area contributed by atoms with Gasteiger partial charge in [-0.15, -0.1) is 0 Å². The summed E-state index contributed by atoms with van der Waals surface area (Å²) < 4.78 is 33.5. The van der Waals surface area contributed by atoms with E-state index in [2.05, 4.69) is 6.92 Å². The Bertz CT molecular complexity index is 333. The number of nitrogens with zero attached hydrogens (tertiary/aromatic N) is 2. The Morgan fingerprint density at radius 1 is 1.45 bits per heavy atom. The van der Waals surface area contributed by atoms with Crippen LogP contribution in [0.25, 0.3) is 0 Å². The van der Waals surface area contributed by atoms with Gasteiger partial charge in [-0.1, -0.05) is 13.3 Å². The number of methoxy groups -OCH3 is 1. The van der Waals surface area contributed by atoms with Gasteiger partial charge in [0, 0.05) is 26.2 Å². The average molecular weight is 306 g/mol. The van der Waals surface area contributed by atoms with Gasteiger partial charge in [0.25, 0.3) is 0 Å². The summed E-state index contributed by atoms with van der Waals surface area (Å²) in [5.74, 6) is 0. The Morgan fingerprint density at radius 3 is 2.70 bits per heavy atom. The molecule has 118 valence electrons. The molecule has 1 aliphatic heterocycles. The standard InChI is InChI=1S/C12H28BN2O4P/c1-5-6-7-18-20(16,14(2)3)15-8-11(10-17-4)19-12(13)9-15/h11-12H,5-10,13H2,1-4H3. The molecule has 8 heteroatoms. The van der Waals surface area contributed by atoms with E-state index in [1.54, 1.807) is 25.9 Å². The van der Waals surface area contributed by atoms with Gasteiger partial charge in [-0.25, -0.2) is 9.34 Å². The van der Waals surface area contributed by atoms with Gasteiger partial charge in [-0.3, -0.25) is 4.57 Å². The van der Waals surface area contributed by atoms with Gasteiger partial charge >= 0.3 is 7.67 Å². The highest BCUT2D eigenvalue weighted by Gasteiger charge is 2.40. The summed E-state index contributed by atoms with van der Waals surface area (Å²) in [6, 6.07) is 0.0203. The predicted octanol–water partition coefficient (Wildman–Crippen LogP) is 0.779. The summed E-state index contributed by atoms with van der Waals surface area (Å²) in [5, 5.41) is 0. The molecule has 1 aliphatic rings. The van der Waals surface area contributed by atoms with Crippen LogP contribution in [0.1, 0.15) is 19.8 Å². The van der Waals surface area contributed by atoms with E-state index in [0.717, 1.165) is 12.8 Å². The third-order valence-corrected chi connectivity index (χ3v) is 5.85. The fourth-order valence-corrected chi connectivity index (χ4v) is 4.38. The van der Waals surface area contributed by atoms with E-state index in [1.807, 2.05) is 12.5 Å². The van der Waals surface area contributed by atoms with Gasteiger partial charge in [-0.2, -0.15) is 0 Å². The maximum atomic E-state index is 13.2. The lowest BCUT2D eigenvalue weighted by Crippen LogP contribution is -2.49. The average Bonchev–Trinajstić information content (AvgIpc) is 2.38. The Hall–Kier alpha value is 0.0949. The van der Waals surface area contributed by atoms with Gasteiger partial charge in [0.15, 0.2) is 0 Å². The third-order valence-electron chi connectivity index (χ3n) is 3.28. The van der Waals surface area contributed by atoms with Crippen LogP contribution in [0.4, 0.5) is 0 Å². The van der Waals surface area contributed by atoms with Crippen molar-refractivity contribution in [3.8, 4) is 0 Å². The van der Waals surface area contributed by atoms with Crippen LogP contribution >= 0.6 is 7.67 Å². The molecule has 0 saturated carbocycles. The van der Waals surface area contributed by atoms with Crippen molar-refractivity contribution in [1.29, 1.82) is 0 Å². The first-order chi connectivity index (χ1) is 9.43. The van der Waals surface area contributed by atoms with Gasteiger partial charge in [0.2, 0.25) is 0 Å². The smallest absolute Gasteiger partial charge is 0.345 e. The van der Waals surface area contributed by atoms with Crippen molar-refractivity contribution >= 4 is 15.5 Å². The summed E-state index contributed by atoms with van der Waals surface area (Å²) in [5.41, 5.74) is 0. The van der Waals surface area contributed by atoms with Crippen molar-refractivity contribution in [3.63, 3.8) is 0 Å². The molecule has 0 aromatic rings. The van der Waals surface area contributed by atoms with Crippen LogP contribution in [0.15, 0.2) is 0 Å². The second-order valence-corrected chi connectivity index (χ2v) is 8.03. The molecule has 1 fully saturated rings. The third kappa shape index (κ3) is 4.83. The summed E-state index contributed by atoms with van der Waals surface area (Å²) in [6.45, 7) is 4.30. The highest BCUT2D eigenvalue weighted by atomic mass is 31.2. The highest BCUT2D eigenvalue weighted by Crippen LogP contribution is 2.53. The fourth-order valence-electron chi connectivity index (χ4n) is 2.28. The second-order valence-electron chi connectivity index (χ2n) is 5.42. The van der Waals surface area contributed by atoms with E-state index in [-0.39, 0.29) is 12.1 Å². The first-order valence-electron chi connectivity index (χ1n) is 7.26. The largest absolute Gasteiger partial charge is 0.382 e. The number of ether oxygens (including phenoxy) is 2. The lowest BCUT2D eigenvalue weighted by atomic mass is 9.98. The fraction of sp³-hybridized carbons (Fsp3) is 1.00. The molecule has 6 nitrogen and oxygen atoms in total. The van der Waals surface area contributed by atoms with Crippen molar-refractivity contribution in [2.45, 2.75) is 31.9 Å². The molecule has 1 rings (SSSR count). The Balaban J connectivity index is 2.76. The lowest BCUT2D eigenvalue weighted by Gasteiger charge is -2.42. The van der Waals surface area contributed by atoms with E-state index in [9.17, 15) is 4.57 Å². The van der Waals surface area contributed by atoms with Gasteiger partial charge in [0.05, 0.1) is 19.3 Å². The van der Waals surface area contributed by atoms with Crippen molar-refractivity contribution in [2.24, 2.45) is 0 Å². The number of morpholine rings is 1. The molecule has 0 aromatic carbocycles. The minimum Gasteiger partial charge on any atom is -0.382 e. The maximum absolute atomic E-state index is 13.2. The van der Waals surface area contributed by atoms with Crippen LogP contribution in [-0.2, 0) is 18.6 Å². The van der Waals surface area contributed by atoms with Crippen LogP contribution < -0.4 is 0 Å². The SMILES string of the molecule is BC1CN(P(=O)(OCCCC)N(C)C)CC(COC)O1. The van der Waals surface area contributed by atoms with E-state index in [1.165, 1.54) is 0 Å². The Kier molecular flexibility index (Phi) is 7.73. The van der Waals surface area contributed by atoms with Crippen LogP contribution in [-0.4, -0.2) is 76.8 Å². The molecule has 0 aliphatic carbocycles. The summed E-state index contributed by atoms with van der Waals surface area (Å²) in [6.07, 6.45) is 1.88. The van der Waals surface area contributed by atoms with Crippen LogP contribution in [0.2, 0.25) is 0 Å². The summed E-state index contributed by atoms with van der Waals surface area (Å²) in [4.78, 5) is 0. The Labute approximate surface area is 123 Å². The van der Waals surface area contributed by atoms with E-state index < -0.39 is 7.67 Å². The highest BCUT2D eigenvalue weighted by molar-refractivity contribution is 7.53. The molecule has 0 radical (unpaired) electrons. The number of rotatable bonds is 8. The molecule has 0 N–H and O–H groups in total. The Morgan fingerprint density at radius 2 is 2.15 bits per heavy atom. The topological polar surface area (TPSA) is 51.2 Å². The predicted molar refractivity (Wildman–Crippen MR) is 82.8 cm³/mol. The quantitative estimate of drug-likeness (QED) is 0.375. The molecule has 1 saturated heterocycles. The van der Waals surface area contributed by atoms with E-state index in [4.69, 9.17) is 14.0 Å². The van der Waals surface area contributed by atoms with E-state index >= 15 is 0 Å². The van der Waals surface area contributed by atoms with Crippen molar-refractivity contribution < 1.29 is 18.6 Å². The molecule has 3 atom stereocenters. The lowest BCUT2D eigenvalue weighted by molar-refractivity contribution is -0.0631. The monoisotopic (exact) mass is 306 g/mol. The normalized spacial score (nSPS) is 27.6. The molecule has 1 heterocycles. The number of hydrogen-bond donors (Lipinski definition) is 0. The summed E-state index contributed by atoms with van der Waals surface area (Å²) in [7, 11) is 4.28. The number of unbranched alkanes of at least 4 members (excludes halogenated alkanes) is 1. The van der Waals surface area contributed by atoms with Crippen molar-refractivity contribution in [1.82, 2.24) is 9.34 Å². The van der Waals surface area contributed by atoms with Gasteiger partial charge in [-0.05, 0) is 20.5 Å². The first-order valence-corrected chi connectivity index (χ1v) is 8.79. The molecule has 3 unspecified atom stereocenters. The minimum atomic E-state index is -2.96. The van der Waals surface area contributed by atoms with Gasteiger partial charge < -0.3 is 14.0 Å². The molecule has 0 amide bonds. The maximum Gasteiger partial charge on any atom is 0.345 e. The summed E-state index contributed by atoms with van der Waals surface area (Å²) >= 11 is 0. The zero-order chi connectivity index (χ0) is 15.2. The van der Waals surface area contributed by atoms with Crippen molar-refractivity contribution in [2.75, 3.05) is 47.5 Å². The molecule has 20 heavy (non-hydrogen) atoms. The van der Waals surface area contributed by atoms with E-state index in [0.29, 0.717) is 26.3 Å². The van der Waals surface area contributed by atoms with Gasteiger partial charge in [0.1, 0.15) is 7.85 Å².